The average Bonchev–Trinajstić information content (AvgIpc) is 2.25. The van der Waals surface area contributed by atoms with Crippen LogP contribution in [0.4, 0.5) is 10.1 Å². The maximum absolute atomic E-state index is 13.1. The molecular weight excluding hydrogens is 275 g/mol. The van der Waals surface area contributed by atoms with E-state index in [1.54, 1.807) is 0 Å². The van der Waals surface area contributed by atoms with E-state index in [4.69, 9.17) is 5.11 Å². The van der Waals surface area contributed by atoms with Crippen LogP contribution in [0.15, 0.2) is 18.2 Å². The summed E-state index contributed by atoms with van der Waals surface area (Å²) in [7, 11) is -3.93. The third-order valence-corrected chi connectivity index (χ3v) is 3.17. The molecule has 6 nitrogen and oxygen atoms in total. The number of halogens is 1. The SMILES string of the molecule is CC(C)CNS(=O)(=O)Nc1cc(F)ccc1C(=O)O. The van der Waals surface area contributed by atoms with E-state index in [9.17, 15) is 17.6 Å². The summed E-state index contributed by atoms with van der Waals surface area (Å²) < 4.78 is 40.6. The number of anilines is 1. The molecule has 8 heteroatoms. The zero-order valence-electron chi connectivity index (χ0n) is 10.5. The van der Waals surface area contributed by atoms with Gasteiger partial charge in [0.05, 0.1) is 11.3 Å². The third-order valence-electron chi connectivity index (χ3n) is 2.14. The van der Waals surface area contributed by atoms with Crippen LogP contribution in [-0.2, 0) is 10.2 Å². The monoisotopic (exact) mass is 290 g/mol. The molecule has 0 heterocycles. The molecule has 1 rings (SSSR count). The van der Waals surface area contributed by atoms with Crippen molar-refractivity contribution in [1.82, 2.24) is 4.72 Å². The number of aromatic carboxylic acids is 1. The number of hydrogen-bond acceptors (Lipinski definition) is 3. The van der Waals surface area contributed by atoms with Crippen molar-refractivity contribution in [3.8, 4) is 0 Å². The van der Waals surface area contributed by atoms with Gasteiger partial charge >= 0.3 is 5.97 Å². The largest absolute Gasteiger partial charge is 0.478 e. The second kappa shape index (κ2) is 5.98. The predicted molar refractivity (Wildman–Crippen MR) is 68.7 cm³/mol. The van der Waals surface area contributed by atoms with Gasteiger partial charge < -0.3 is 5.11 Å². The van der Waals surface area contributed by atoms with E-state index in [0.717, 1.165) is 18.2 Å². The summed E-state index contributed by atoms with van der Waals surface area (Å²) in [6.07, 6.45) is 0. The van der Waals surface area contributed by atoms with Gasteiger partial charge in [-0.15, -0.1) is 0 Å². The Morgan fingerprint density at radius 1 is 1.42 bits per heavy atom. The van der Waals surface area contributed by atoms with Crippen molar-refractivity contribution in [2.24, 2.45) is 5.92 Å². The van der Waals surface area contributed by atoms with Crippen molar-refractivity contribution >= 4 is 21.9 Å². The van der Waals surface area contributed by atoms with Crippen LogP contribution < -0.4 is 9.44 Å². The highest BCUT2D eigenvalue weighted by Crippen LogP contribution is 2.18. The van der Waals surface area contributed by atoms with E-state index in [2.05, 4.69) is 4.72 Å². The highest BCUT2D eigenvalue weighted by molar-refractivity contribution is 7.90. The molecule has 0 unspecified atom stereocenters. The Balaban J connectivity index is 2.98. The molecule has 1 aromatic rings. The minimum absolute atomic E-state index is 0.0861. The second-order valence-electron chi connectivity index (χ2n) is 4.34. The number of benzene rings is 1. The van der Waals surface area contributed by atoms with Gasteiger partial charge in [-0.1, -0.05) is 13.8 Å². The zero-order valence-corrected chi connectivity index (χ0v) is 11.3. The first-order valence-electron chi connectivity index (χ1n) is 5.51. The van der Waals surface area contributed by atoms with Gasteiger partial charge in [-0.05, 0) is 24.1 Å². The van der Waals surface area contributed by atoms with Crippen LogP contribution in [0.5, 0.6) is 0 Å². The Morgan fingerprint density at radius 3 is 2.58 bits per heavy atom. The smallest absolute Gasteiger partial charge is 0.337 e. The van der Waals surface area contributed by atoms with Gasteiger partial charge in [0.2, 0.25) is 0 Å². The quantitative estimate of drug-likeness (QED) is 0.738. The first-order valence-corrected chi connectivity index (χ1v) is 7.00. The normalized spacial score (nSPS) is 11.6. The average molecular weight is 290 g/mol. The number of hydrogen-bond donors (Lipinski definition) is 3. The Labute approximate surface area is 110 Å². The highest BCUT2D eigenvalue weighted by atomic mass is 32.2. The molecule has 106 valence electrons. The molecule has 0 aromatic heterocycles. The first kappa shape index (κ1) is 15.4. The molecule has 19 heavy (non-hydrogen) atoms. The van der Waals surface area contributed by atoms with Gasteiger partial charge in [-0.3, -0.25) is 4.72 Å². The van der Waals surface area contributed by atoms with Crippen LogP contribution >= 0.6 is 0 Å². The van der Waals surface area contributed by atoms with E-state index < -0.39 is 22.0 Å². The van der Waals surface area contributed by atoms with Gasteiger partial charge in [-0.2, -0.15) is 13.1 Å². The minimum atomic E-state index is -3.93. The third kappa shape index (κ3) is 4.84. The fourth-order valence-electron chi connectivity index (χ4n) is 1.24. The summed E-state index contributed by atoms with van der Waals surface area (Å²) in [5, 5.41) is 8.89. The van der Waals surface area contributed by atoms with E-state index >= 15 is 0 Å². The Morgan fingerprint density at radius 2 is 2.05 bits per heavy atom. The molecule has 0 aliphatic heterocycles. The van der Waals surface area contributed by atoms with Gasteiger partial charge in [0.1, 0.15) is 5.82 Å². The molecule has 0 bridgehead atoms. The second-order valence-corrected chi connectivity index (χ2v) is 5.84. The molecule has 1 aromatic carbocycles. The van der Waals surface area contributed by atoms with Crippen LogP contribution in [-0.4, -0.2) is 26.0 Å². The number of nitrogens with one attached hydrogen (secondary N) is 2. The van der Waals surface area contributed by atoms with Crippen LogP contribution in [0.25, 0.3) is 0 Å². The molecule has 0 saturated heterocycles. The van der Waals surface area contributed by atoms with Crippen LogP contribution in [0.2, 0.25) is 0 Å². The predicted octanol–water partition coefficient (Wildman–Crippen LogP) is 1.43. The number of carboxylic acid groups (broad SMARTS) is 1. The van der Waals surface area contributed by atoms with Crippen molar-refractivity contribution in [3.63, 3.8) is 0 Å². The lowest BCUT2D eigenvalue weighted by Crippen LogP contribution is -2.33. The van der Waals surface area contributed by atoms with Crippen molar-refractivity contribution in [3.05, 3.63) is 29.6 Å². The molecule has 0 aliphatic rings. The molecule has 0 radical (unpaired) electrons. The molecule has 0 fully saturated rings. The van der Waals surface area contributed by atoms with Crippen molar-refractivity contribution < 1.29 is 22.7 Å². The minimum Gasteiger partial charge on any atom is -0.478 e. The Bertz CT molecular complexity index is 572. The lowest BCUT2D eigenvalue weighted by molar-refractivity contribution is 0.0698. The van der Waals surface area contributed by atoms with Gasteiger partial charge in [0, 0.05) is 6.54 Å². The van der Waals surface area contributed by atoms with Gasteiger partial charge in [0.25, 0.3) is 10.2 Å². The standard InChI is InChI=1S/C11H15FN2O4S/c1-7(2)6-13-19(17,18)14-10-5-8(12)3-4-9(10)11(15)16/h3-5,7,13-14H,6H2,1-2H3,(H,15,16). The van der Waals surface area contributed by atoms with E-state index in [0.29, 0.717) is 0 Å². The van der Waals surface area contributed by atoms with E-state index in [-0.39, 0.29) is 23.7 Å². The fraction of sp³-hybridized carbons (Fsp3) is 0.364. The van der Waals surface area contributed by atoms with Gasteiger partial charge in [-0.25, -0.2) is 9.18 Å². The fourth-order valence-corrected chi connectivity index (χ4v) is 2.33. The van der Waals surface area contributed by atoms with Crippen molar-refractivity contribution in [1.29, 1.82) is 0 Å². The van der Waals surface area contributed by atoms with Crippen molar-refractivity contribution in [2.75, 3.05) is 11.3 Å². The summed E-state index contributed by atoms with van der Waals surface area (Å²) in [6.45, 7) is 3.81. The molecule has 0 atom stereocenters. The number of carboxylic acids is 1. The van der Waals surface area contributed by atoms with E-state index in [1.807, 2.05) is 18.6 Å². The molecule has 3 N–H and O–H groups in total. The maximum atomic E-state index is 13.1. The summed E-state index contributed by atoms with van der Waals surface area (Å²) >= 11 is 0. The first-order chi connectivity index (χ1) is 8.71. The lowest BCUT2D eigenvalue weighted by Gasteiger charge is -2.12. The van der Waals surface area contributed by atoms with Crippen LogP contribution in [0, 0.1) is 11.7 Å². The molecular formula is C11H15FN2O4S. The highest BCUT2D eigenvalue weighted by Gasteiger charge is 2.17. The van der Waals surface area contributed by atoms with Crippen LogP contribution in [0.1, 0.15) is 24.2 Å². The van der Waals surface area contributed by atoms with Gasteiger partial charge in [0.15, 0.2) is 0 Å². The van der Waals surface area contributed by atoms with E-state index in [1.165, 1.54) is 0 Å². The summed E-state index contributed by atoms with van der Waals surface area (Å²) in [4.78, 5) is 10.9. The molecule has 0 aliphatic carbocycles. The Hall–Kier alpha value is -1.67. The maximum Gasteiger partial charge on any atom is 0.337 e. The topological polar surface area (TPSA) is 95.5 Å². The zero-order chi connectivity index (χ0) is 14.6. The Kier molecular flexibility index (Phi) is 4.84. The van der Waals surface area contributed by atoms with Crippen LogP contribution in [0.3, 0.4) is 0 Å². The summed E-state index contributed by atoms with van der Waals surface area (Å²) in [5.41, 5.74) is -0.639. The molecule has 0 spiro atoms. The summed E-state index contributed by atoms with van der Waals surface area (Å²) in [6, 6.07) is 2.76. The number of rotatable bonds is 6. The lowest BCUT2D eigenvalue weighted by atomic mass is 10.2. The summed E-state index contributed by atoms with van der Waals surface area (Å²) in [5.74, 6) is -1.99. The number of carbonyl (C=O) groups is 1. The van der Waals surface area contributed by atoms with Crippen molar-refractivity contribution in [2.45, 2.75) is 13.8 Å². The molecule has 0 saturated carbocycles. The molecule has 0 amide bonds.